The molecule has 0 radical (unpaired) electrons. The van der Waals surface area contributed by atoms with Gasteiger partial charge in [0.2, 0.25) is 0 Å². The molecule has 0 amide bonds. The van der Waals surface area contributed by atoms with Crippen molar-refractivity contribution in [3.8, 4) is 0 Å². The van der Waals surface area contributed by atoms with Gasteiger partial charge in [0.25, 0.3) is 5.78 Å². The smallest absolute Gasteiger partial charge is 0.251 e. The molecule has 0 aliphatic rings. The Morgan fingerprint density at radius 2 is 1.85 bits per heavy atom. The summed E-state index contributed by atoms with van der Waals surface area (Å²) in [5, 5.41) is 3.28. The lowest BCUT2D eigenvalue weighted by molar-refractivity contribution is 0.800. The van der Waals surface area contributed by atoms with Gasteiger partial charge < -0.3 is 5.73 Å². The number of fused-ring (bicyclic) bond motifs is 1. The standard InChI is InChI=1S/C15H19N5/c1-10-3-5-12(6-4-10)7-8-14-18-15-17-11(2)13(9-16)20(15)19-14/h3-6H,7-9,16H2,1-2H3,(H,17,18,19). The third kappa shape index (κ3) is 2.32. The van der Waals surface area contributed by atoms with Gasteiger partial charge in [0.05, 0.1) is 11.4 Å². The van der Waals surface area contributed by atoms with E-state index in [0.717, 1.165) is 30.1 Å². The molecule has 3 N–H and O–H groups in total. The van der Waals surface area contributed by atoms with Crippen LogP contribution in [0.1, 0.15) is 28.3 Å². The van der Waals surface area contributed by atoms with E-state index >= 15 is 0 Å². The molecule has 2 aromatic heterocycles. The van der Waals surface area contributed by atoms with Gasteiger partial charge in [-0.1, -0.05) is 29.8 Å². The number of hydrogen-bond donors (Lipinski definition) is 2. The van der Waals surface area contributed by atoms with Gasteiger partial charge in [-0.05, 0) is 25.8 Å². The first-order chi connectivity index (χ1) is 9.67. The van der Waals surface area contributed by atoms with E-state index in [0.29, 0.717) is 12.3 Å². The molecule has 2 heterocycles. The Balaban J connectivity index is 1.78. The van der Waals surface area contributed by atoms with Crippen LogP contribution in [-0.4, -0.2) is 19.6 Å². The molecule has 3 aromatic rings. The van der Waals surface area contributed by atoms with E-state index in [2.05, 4.69) is 46.3 Å². The predicted octanol–water partition coefficient (Wildman–Crippen LogP) is 1.92. The zero-order valence-electron chi connectivity index (χ0n) is 11.8. The minimum atomic E-state index is 0.465. The van der Waals surface area contributed by atoms with Crippen LogP contribution in [0.5, 0.6) is 0 Å². The molecule has 5 heteroatoms. The third-order valence-electron chi connectivity index (χ3n) is 3.60. The van der Waals surface area contributed by atoms with Crippen LogP contribution < -0.4 is 5.73 Å². The zero-order valence-corrected chi connectivity index (χ0v) is 11.8. The van der Waals surface area contributed by atoms with Gasteiger partial charge in [0.1, 0.15) is 5.82 Å². The van der Waals surface area contributed by atoms with Gasteiger partial charge in [-0.2, -0.15) is 4.98 Å². The van der Waals surface area contributed by atoms with Crippen LogP contribution >= 0.6 is 0 Å². The van der Waals surface area contributed by atoms with E-state index in [-0.39, 0.29) is 0 Å². The van der Waals surface area contributed by atoms with E-state index in [9.17, 15) is 0 Å². The number of aromatic amines is 1. The highest BCUT2D eigenvalue weighted by Gasteiger charge is 2.11. The summed E-state index contributed by atoms with van der Waals surface area (Å²) >= 11 is 0. The molecule has 104 valence electrons. The highest BCUT2D eigenvalue weighted by Crippen LogP contribution is 2.11. The SMILES string of the molecule is Cc1ccc(CCc2nc3nc(C)c(CN)n3[nH]2)cc1. The van der Waals surface area contributed by atoms with Crippen molar-refractivity contribution in [1.82, 2.24) is 19.6 Å². The fourth-order valence-electron chi connectivity index (χ4n) is 2.38. The van der Waals surface area contributed by atoms with Gasteiger partial charge in [-0.3, -0.25) is 5.10 Å². The van der Waals surface area contributed by atoms with Crippen LogP contribution in [0.15, 0.2) is 24.3 Å². The van der Waals surface area contributed by atoms with Crippen molar-refractivity contribution in [3.05, 3.63) is 52.6 Å². The molecule has 0 atom stereocenters. The van der Waals surface area contributed by atoms with Crippen molar-refractivity contribution in [2.75, 3.05) is 0 Å². The van der Waals surface area contributed by atoms with Crippen LogP contribution in [0.4, 0.5) is 0 Å². The Bertz CT molecular complexity index is 721. The largest absolute Gasteiger partial charge is 0.325 e. The van der Waals surface area contributed by atoms with Gasteiger partial charge in [-0.15, -0.1) is 0 Å². The summed E-state index contributed by atoms with van der Waals surface area (Å²) in [7, 11) is 0. The molecular weight excluding hydrogens is 250 g/mol. The minimum Gasteiger partial charge on any atom is -0.325 e. The first kappa shape index (κ1) is 12.9. The number of nitrogens with two attached hydrogens (primary N) is 1. The second kappa shape index (κ2) is 5.09. The quantitative estimate of drug-likeness (QED) is 0.760. The van der Waals surface area contributed by atoms with Gasteiger partial charge in [0, 0.05) is 13.0 Å². The highest BCUT2D eigenvalue weighted by molar-refractivity contribution is 5.34. The number of hydrogen-bond acceptors (Lipinski definition) is 3. The minimum absolute atomic E-state index is 0.465. The number of rotatable bonds is 4. The molecule has 1 aromatic carbocycles. The van der Waals surface area contributed by atoms with Crippen molar-refractivity contribution >= 4 is 5.78 Å². The molecular formula is C15H19N5. The van der Waals surface area contributed by atoms with Crippen molar-refractivity contribution in [2.24, 2.45) is 5.73 Å². The Morgan fingerprint density at radius 1 is 1.10 bits per heavy atom. The summed E-state index contributed by atoms with van der Waals surface area (Å²) in [5.41, 5.74) is 10.3. The molecule has 0 aliphatic carbocycles. The van der Waals surface area contributed by atoms with Crippen LogP contribution in [0.3, 0.4) is 0 Å². The summed E-state index contributed by atoms with van der Waals surface area (Å²) in [6.45, 7) is 4.52. The highest BCUT2D eigenvalue weighted by atomic mass is 15.3. The lowest BCUT2D eigenvalue weighted by Gasteiger charge is -2.00. The van der Waals surface area contributed by atoms with Crippen LogP contribution in [-0.2, 0) is 19.4 Å². The second-order valence-electron chi connectivity index (χ2n) is 5.14. The van der Waals surface area contributed by atoms with E-state index in [1.54, 1.807) is 0 Å². The molecule has 0 saturated carbocycles. The fraction of sp³-hybridized carbons (Fsp3) is 0.333. The summed E-state index contributed by atoms with van der Waals surface area (Å²) < 4.78 is 1.89. The maximum Gasteiger partial charge on any atom is 0.251 e. The molecule has 0 unspecified atom stereocenters. The number of nitrogens with one attached hydrogen (secondary N) is 1. The number of benzene rings is 1. The zero-order chi connectivity index (χ0) is 14.1. The van der Waals surface area contributed by atoms with Crippen molar-refractivity contribution in [3.63, 3.8) is 0 Å². The normalized spacial score (nSPS) is 11.3. The van der Waals surface area contributed by atoms with E-state index in [1.165, 1.54) is 11.1 Å². The van der Waals surface area contributed by atoms with Gasteiger partial charge in [-0.25, -0.2) is 9.50 Å². The number of aryl methyl sites for hydroxylation is 4. The molecule has 20 heavy (non-hydrogen) atoms. The average Bonchev–Trinajstić information content (AvgIpc) is 2.94. The monoisotopic (exact) mass is 269 g/mol. The first-order valence-electron chi connectivity index (χ1n) is 6.86. The Labute approximate surface area is 117 Å². The molecule has 0 spiro atoms. The topological polar surface area (TPSA) is 72.0 Å². The molecule has 0 aliphatic heterocycles. The molecule has 3 rings (SSSR count). The van der Waals surface area contributed by atoms with Gasteiger partial charge in [0.15, 0.2) is 0 Å². The van der Waals surface area contributed by atoms with Crippen LogP contribution in [0.2, 0.25) is 0 Å². The van der Waals surface area contributed by atoms with Gasteiger partial charge >= 0.3 is 0 Å². The lowest BCUT2D eigenvalue weighted by Crippen LogP contribution is -2.04. The average molecular weight is 269 g/mol. The Kier molecular flexibility index (Phi) is 3.28. The Morgan fingerprint density at radius 3 is 2.55 bits per heavy atom. The van der Waals surface area contributed by atoms with Crippen LogP contribution in [0.25, 0.3) is 5.78 Å². The maximum atomic E-state index is 5.74. The molecule has 5 nitrogen and oxygen atoms in total. The number of nitrogens with zero attached hydrogens (tertiary/aromatic N) is 3. The number of aromatic nitrogens is 4. The summed E-state index contributed by atoms with van der Waals surface area (Å²) in [6, 6.07) is 8.61. The fourth-order valence-corrected chi connectivity index (χ4v) is 2.38. The first-order valence-corrected chi connectivity index (χ1v) is 6.86. The van der Waals surface area contributed by atoms with Crippen molar-refractivity contribution in [2.45, 2.75) is 33.2 Å². The van der Waals surface area contributed by atoms with Crippen molar-refractivity contribution in [1.29, 1.82) is 0 Å². The van der Waals surface area contributed by atoms with E-state index in [1.807, 2.05) is 11.4 Å². The van der Waals surface area contributed by atoms with Crippen LogP contribution in [0, 0.1) is 13.8 Å². The second-order valence-corrected chi connectivity index (χ2v) is 5.14. The number of H-pyrrole nitrogens is 1. The summed E-state index contributed by atoms with van der Waals surface area (Å²) in [4.78, 5) is 8.93. The Hall–Kier alpha value is -2.14. The van der Waals surface area contributed by atoms with E-state index < -0.39 is 0 Å². The molecule has 0 bridgehead atoms. The maximum absolute atomic E-state index is 5.74. The summed E-state index contributed by atoms with van der Waals surface area (Å²) in [5.74, 6) is 1.66. The molecule has 0 fully saturated rings. The lowest BCUT2D eigenvalue weighted by atomic mass is 10.1. The van der Waals surface area contributed by atoms with E-state index in [4.69, 9.17) is 5.73 Å². The number of imidazole rings is 1. The summed E-state index contributed by atoms with van der Waals surface area (Å²) in [6.07, 6.45) is 1.84. The molecule has 0 saturated heterocycles. The van der Waals surface area contributed by atoms with Crippen molar-refractivity contribution < 1.29 is 0 Å². The predicted molar refractivity (Wildman–Crippen MR) is 78.6 cm³/mol. The third-order valence-corrected chi connectivity index (χ3v) is 3.60.